The standard InChI is InChI=1S/C18H25ClFN3O/c1-11(2)23-7-6-12(10-23)9-21-18(24)22-16-8-13(16)17-14(19)4-3-5-15(17)20/h3-5,11-13,16H,6-10H2,1-2H3,(H2,21,22,24). The van der Waals surface area contributed by atoms with E-state index in [-0.39, 0.29) is 23.8 Å². The molecule has 3 unspecified atom stereocenters. The van der Waals surface area contributed by atoms with Crippen molar-refractivity contribution >= 4 is 17.6 Å². The van der Waals surface area contributed by atoms with Gasteiger partial charge in [-0.05, 0) is 51.3 Å². The van der Waals surface area contributed by atoms with Crippen LogP contribution in [0.1, 0.15) is 38.2 Å². The molecule has 0 bridgehead atoms. The Morgan fingerprint density at radius 3 is 2.92 bits per heavy atom. The van der Waals surface area contributed by atoms with E-state index in [1.165, 1.54) is 6.07 Å². The van der Waals surface area contributed by atoms with E-state index in [1.54, 1.807) is 12.1 Å². The molecule has 2 amide bonds. The predicted molar refractivity (Wildman–Crippen MR) is 93.9 cm³/mol. The number of hydrogen-bond donors (Lipinski definition) is 2. The summed E-state index contributed by atoms with van der Waals surface area (Å²) in [6.45, 7) is 7.22. The monoisotopic (exact) mass is 353 g/mol. The second-order valence-electron chi connectivity index (χ2n) is 7.18. The van der Waals surface area contributed by atoms with Crippen LogP contribution >= 0.6 is 11.6 Å². The lowest BCUT2D eigenvalue weighted by atomic mass is 10.1. The van der Waals surface area contributed by atoms with Crippen LogP contribution < -0.4 is 10.6 Å². The molecule has 3 rings (SSSR count). The topological polar surface area (TPSA) is 44.4 Å². The van der Waals surface area contributed by atoms with Crippen LogP contribution in [0.2, 0.25) is 5.02 Å². The summed E-state index contributed by atoms with van der Waals surface area (Å²) in [5.41, 5.74) is 0.521. The molecule has 0 radical (unpaired) electrons. The van der Waals surface area contributed by atoms with Crippen molar-refractivity contribution in [2.24, 2.45) is 5.92 Å². The van der Waals surface area contributed by atoms with Crippen LogP contribution in [0, 0.1) is 11.7 Å². The number of rotatable bonds is 5. The molecule has 0 spiro atoms. The summed E-state index contributed by atoms with van der Waals surface area (Å²) in [7, 11) is 0. The number of halogens is 2. The van der Waals surface area contributed by atoms with Crippen molar-refractivity contribution in [2.75, 3.05) is 19.6 Å². The van der Waals surface area contributed by atoms with Gasteiger partial charge in [-0.25, -0.2) is 9.18 Å². The van der Waals surface area contributed by atoms with Crippen molar-refractivity contribution in [3.05, 3.63) is 34.6 Å². The zero-order chi connectivity index (χ0) is 17.3. The SMILES string of the molecule is CC(C)N1CCC(CNC(=O)NC2CC2c2c(F)cccc2Cl)C1. The van der Waals surface area contributed by atoms with Crippen LogP contribution in [-0.2, 0) is 0 Å². The third-order valence-electron chi connectivity index (χ3n) is 5.08. The summed E-state index contributed by atoms with van der Waals surface area (Å²) in [6, 6.07) is 5.06. The summed E-state index contributed by atoms with van der Waals surface area (Å²) in [6.07, 6.45) is 1.86. The van der Waals surface area contributed by atoms with Crippen molar-refractivity contribution < 1.29 is 9.18 Å². The smallest absolute Gasteiger partial charge is 0.315 e. The molecule has 132 valence electrons. The molecule has 2 aliphatic rings. The summed E-state index contributed by atoms with van der Waals surface area (Å²) in [4.78, 5) is 14.5. The van der Waals surface area contributed by atoms with E-state index in [2.05, 4.69) is 29.4 Å². The van der Waals surface area contributed by atoms with E-state index >= 15 is 0 Å². The van der Waals surface area contributed by atoms with Crippen molar-refractivity contribution in [1.29, 1.82) is 0 Å². The Morgan fingerprint density at radius 1 is 1.46 bits per heavy atom. The highest BCUT2D eigenvalue weighted by Crippen LogP contribution is 2.44. The maximum atomic E-state index is 13.9. The highest BCUT2D eigenvalue weighted by Gasteiger charge is 2.42. The first-order valence-electron chi connectivity index (χ1n) is 8.68. The molecule has 1 aromatic rings. The second-order valence-corrected chi connectivity index (χ2v) is 7.59. The summed E-state index contributed by atoms with van der Waals surface area (Å²) >= 11 is 6.08. The van der Waals surface area contributed by atoms with Gasteiger partial charge in [-0.15, -0.1) is 0 Å². The Labute approximate surface area is 147 Å². The molecule has 3 atom stereocenters. The van der Waals surface area contributed by atoms with Gasteiger partial charge in [0.25, 0.3) is 0 Å². The quantitative estimate of drug-likeness (QED) is 0.852. The third kappa shape index (κ3) is 4.01. The van der Waals surface area contributed by atoms with E-state index in [0.717, 1.165) is 25.9 Å². The summed E-state index contributed by atoms with van der Waals surface area (Å²) < 4.78 is 13.9. The number of nitrogens with one attached hydrogen (secondary N) is 2. The first kappa shape index (κ1) is 17.5. The van der Waals surface area contributed by atoms with E-state index in [0.29, 0.717) is 29.1 Å². The van der Waals surface area contributed by atoms with Gasteiger partial charge in [0.1, 0.15) is 5.82 Å². The van der Waals surface area contributed by atoms with Crippen molar-refractivity contribution in [3.63, 3.8) is 0 Å². The molecular weight excluding hydrogens is 329 g/mol. The van der Waals surface area contributed by atoms with E-state index in [9.17, 15) is 9.18 Å². The summed E-state index contributed by atoms with van der Waals surface area (Å²) in [5.74, 6) is 0.193. The Balaban J connectivity index is 1.43. The van der Waals surface area contributed by atoms with Gasteiger partial charge in [0, 0.05) is 41.7 Å². The number of urea groups is 1. The number of nitrogens with zero attached hydrogens (tertiary/aromatic N) is 1. The summed E-state index contributed by atoms with van der Waals surface area (Å²) in [5, 5.41) is 6.31. The normalized spacial score (nSPS) is 26.6. The molecule has 1 aliphatic carbocycles. The van der Waals surface area contributed by atoms with Gasteiger partial charge in [-0.1, -0.05) is 17.7 Å². The first-order valence-corrected chi connectivity index (χ1v) is 9.05. The minimum atomic E-state index is -0.294. The van der Waals surface area contributed by atoms with Gasteiger partial charge in [-0.3, -0.25) is 0 Å². The van der Waals surface area contributed by atoms with E-state index in [4.69, 9.17) is 11.6 Å². The maximum absolute atomic E-state index is 13.9. The number of carbonyl (C=O) groups is 1. The van der Waals surface area contributed by atoms with Crippen LogP contribution in [-0.4, -0.2) is 42.6 Å². The Kier molecular flexibility index (Phi) is 5.30. The van der Waals surface area contributed by atoms with Crippen LogP contribution in [0.5, 0.6) is 0 Å². The molecule has 1 aromatic carbocycles. The number of carbonyl (C=O) groups excluding carboxylic acids is 1. The zero-order valence-corrected chi connectivity index (χ0v) is 14.9. The molecule has 4 nitrogen and oxygen atoms in total. The van der Waals surface area contributed by atoms with Crippen LogP contribution in [0.15, 0.2) is 18.2 Å². The van der Waals surface area contributed by atoms with Crippen LogP contribution in [0.4, 0.5) is 9.18 Å². The fourth-order valence-corrected chi connectivity index (χ4v) is 3.80. The average Bonchev–Trinajstić information content (AvgIpc) is 3.09. The van der Waals surface area contributed by atoms with Crippen LogP contribution in [0.25, 0.3) is 0 Å². The van der Waals surface area contributed by atoms with Gasteiger partial charge in [-0.2, -0.15) is 0 Å². The second kappa shape index (κ2) is 7.28. The minimum Gasteiger partial charge on any atom is -0.338 e. The molecule has 1 saturated carbocycles. The molecule has 1 heterocycles. The fraction of sp³-hybridized carbons (Fsp3) is 0.611. The third-order valence-corrected chi connectivity index (χ3v) is 5.41. The zero-order valence-electron chi connectivity index (χ0n) is 14.2. The highest BCUT2D eigenvalue weighted by atomic mass is 35.5. The molecular formula is C18H25ClFN3O. The van der Waals surface area contributed by atoms with Crippen molar-refractivity contribution in [2.45, 2.75) is 44.7 Å². The maximum Gasteiger partial charge on any atom is 0.315 e. The molecule has 0 aromatic heterocycles. The van der Waals surface area contributed by atoms with Gasteiger partial charge in [0.15, 0.2) is 0 Å². The van der Waals surface area contributed by atoms with Crippen molar-refractivity contribution in [1.82, 2.24) is 15.5 Å². The Hall–Kier alpha value is -1.33. The lowest BCUT2D eigenvalue weighted by Crippen LogP contribution is -2.40. The molecule has 1 saturated heterocycles. The average molecular weight is 354 g/mol. The van der Waals surface area contributed by atoms with Gasteiger partial charge in [0.05, 0.1) is 0 Å². The Morgan fingerprint density at radius 2 is 2.25 bits per heavy atom. The lowest BCUT2D eigenvalue weighted by molar-refractivity contribution is 0.236. The number of likely N-dealkylation sites (tertiary alicyclic amines) is 1. The number of amides is 2. The minimum absolute atomic E-state index is 0.0210. The van der Waals surface area contributed by atoms with Gasteiger partial charge < -0.3 is 15.5 Å². The first-order chi connectivity index (χ1) is 11.5. The van der Waals surface area contributed by atoms with Gasteiger partial charge in [0.2, 0.25) is 0 Å². The van der Waals surface area contributed by atoms with Crippen molar-refractivity contribution in [3.8, 4) is 0 Å². The Bertz CT molecular complexity index is 590. The molecule has 6 heteroatoms. The van der Waals surface area contributed by atoms with Gasteiger partial charge >= 0.3 is 6.03 Å². The molecule has 24 heavy (non-hydrogen) atoms. The highest BCUT2D eigenvalue weighted by molar-refractivity contribution is 6.31. The lowest BCUT2D eigenvalue weighted by Gasteiger charge is -2.20. The largest absolute Gasteiger partial charge is 0.338 e. The van der Waals surface area contributed by atoms with Crippen LogP contribution in [0.3, 0.4) is 0 Å². The number of benzene rings is 1. The fourth-order valence-electron chi connectivity index (χ4n) is 3.49. The molecule has 1 aliphatic heterocycles. The molecule has 2 fully saturated rings. The van der Waals surface area contributed by atoms with E-state index in [1.807, 2.05) is 0 Å². The molecule has 2 N–H and O–H groups in total. The predicted octanol–water partition coefficient (Wildman–Crippen LogP) is 3.36. The number of hydrogen-bond acceptors (Lipinski definition) is 2. The van der Waals surface area contributed by atoms with E-state index < -0.39 is 0 Å².